The molecule has 6 nitrogen and oxygen atoms in total. The van der Waals surface area contributed by atoms with Gasteiger partial charge in [0.1, 0.15) is 22.7 Å². The first-order valence-electron chi connectivity index (χ1n) is 20.9. The van der Waals surface area contributed by atoms with Gasteiger partial charge in [0.05, 0.1) is 39.6 Å². The second-order valence-corrected chi connectivity index (χ2v) is 19.3. The van der Waals surface area contributed by atoms with Gasteiger partial charge in [-0.25, -0.2) is 4.98 Å². The van der Waals surface area contributed by atoms with Gasteiger partial charge in [0, 0.05) is 39.2 Å². The topological polar surface area (TPSA) is 87.9 Å². The lowest BCUT2D eigenvalue weighted by atomic mass is 9.79. The monoisotopic (exact) mass is 798 g/mol. The van der Waals surface area contributed by atoms with E-state index in [2.05, 4.69) is 158 Å². The molecule has 0 fully saturated rings. The number of phenols is 1. The molecule has 6 aromatic carbocycles. The molecule has 0 atom stereocenters. The van der Waals surface area contributed by atoms with Crippen LogP contribution in [-0.2, 0) is 16.2 Å². The standard InChI is InChI=1S/C55H50N4O2/c1-53(2,3)36-22-24-46(40(29-36)34-16-11-10-12-17-34)59-47-20-15-18-38(49(47)58-52(59)43-30-37(54(4,5)6)31-44(50(43)60)55(7,8)9)35-27-41-39-23-21-33(32-56)26-48(39)61-51(41)42(28-35)45-19-13-14-25-57-45/h10-31,60H,1-9H3. The highest BCUT2D eigenvalue weighted by Gasteiger charge is 2.30. The number of imidazole rings is 1. The van der Waals surface area contributed by atoms with Crippen LogP contribution < -0.4 is 0 Å². The van der Waals surface area contributed by atoms with Crippen LogP contribution in [0.2, 0.25) is 0 Å². The minimum Gasteiger partial charge on any atom is -0.507 e. The van der Waals surface area contributed by atoms with Gasteiger partial charge in [0.25, 0.3) is 0 Å². The Labute approximate surface area is 357 Å². The molecule has 0 radical (unpaired) electrons. The first-order valence-corrected chi connectivity index (χ1v) is 20.9. The molecule has 9 rings (SSSR count). The van der Waals surface area contributed by atoms with E-state index in [1.54, 1.807) is 12.3 Å². The van der Waals surface area contributed by atoms with Gasteiger partial charge in [-0.2, -0.15) is 5.26 Å². The van der Waals surface area contributed by atoms with Crippen molar-refractivity contribution in [2.75, 3.05) is 0 Å². The van der Waals surface area contributed by atoms with Gasteiger partial charge in [0.2, 0.25) is 0 Å². The average Bonchev–Trinajstić information content (AvgIpc) is 3.81. The number of nitrogens with zero attached hydrogens (tertiary/aromatic N) is 4. The number of fused-ring (bicyclic) bond motifs is 4. The van der Waals surface area contributed by atoms with Crippen LogP contribution in [0.25, 0.3) is 83.6 Å². The summed E-state index contributed by atoms with van der Waals surface area (Å²) in [5.41, 5.74) is 13.4. The summed E-state index contributed by atoms with van der Waals surface area (Å²) < 4.78 is 8.78. The molecule has 0 aliphatic heterocycles. The minimum atomic E-state index is -0.343. The lowest BCUT2D eigenvalue weighted by Crippen LogP contribution is -2.17. The van der Waals surface area contributed by atoms with E-state index in [1.165, 1.54) is 5.56 Å². The third-order valence-electron chi connectivity index (χ3n) is 11.9. The predicted octanol–water partition coefficient (Wildman–Crippen LogP) is 14.5. The molecule has 9 aromatic rings. The maximum absolute atomic E-state index is 12.5. The molecule has 0 unspecified atom stereocenters. The molecule has 6 heteroatoms. The van der Waals surface area contributed by atoms with Gasteiger partial charge < -0.3 is 9.52 Å². The van der Waals surface area contributed by atoms with E-state index >= 15 is 0 Å². The van der Waals surface area contributed by atoms with Crippen molar-refractivity contribution < 1.29 is 9.52 Å². The summed E-state index contributed by atoms with van der Waals surface area (Å²) in [5.74, 6) is 0.882. The maximum Gasteiger partial charge on any atom is 0.149 e. The van der Waals surface area contributed by atoms with Gasteiger partial charge >= 0.3 is 0 Å². The normalized spacial score (nSPS) is 12.4. The first kappa shape index (κ1) is 39.5. The van der Waals surface area contributed by atoms with E-state index in [4.69, 9.17) is 14.4 Å². The van der Waals surface area contributed by atoms with Gasteiger partial charge in [-0.3, -0.25) is 9.55 Å². The van der Waals surface area contributed by atoms with Crippen molar-refractivity contribution in [3.63, 3.8) is 0 Å². The Balaban J connectivity index is 1.42. The molecule has 1 N–H and O–H groups in total. The molecular weight excluding hydrogens is 749 g/mol. The van der Waals surface area contributed by atoms with E-state index in [-0.39, 0.29) is 22.0 Å². The number of furan rings is 1. The summed E-state index contributed by atoms with van der Waals surface area (Å²) in [5, 5.41) is 24.0. The quantitative estimate of drug-likeness (QED) is 0.187. The molecule has 0 bridgehead atoms. The van der Waals surface area contributed by atoms with Gasteiger partial charge in [-0.1, -0.05) is 123 Å². The molecule has 0 aliphatic rings. The summed E-state index contributed by atoms with van der Waals surface area (Å²) in [6.07, 6.45) is 1.79. The van der Waals surface area contributed by atoms with Crippen LogP contribution in [0.1, 0.15) is 84.6 Å². The van der Waals surface area contributed by atoms with Crippen LogP contribution in [0.15, 0.2) is 138 Å². The lowest BCUT2D eigenvalue weighted by molar-refractivity contribution is 0.446. The van der Waals surface area contributed by atoms with E-state index in [0.29, 0.717) is 28.1 Å². The molecule has 0 saturated heterocycles. The van der Waals surface area contributed by atoms with Crippen LogP contribution in [0.5, 0.6) is 5.75 Å². The fraction of sp³-hybridized carbons (Fsp3) is 0.218. The Morgan fingerprint density at radius 1 is 0.607 bits per heavy atom. The van der Waals surface area contributed by atoms with Gasteiger partial charge in [0.15, 0.2) is 0 Å². The van der Waals surface area contributed by atoms with Crippen molar-refractivity contribution in [2.24, 2.45) is 0 Å². The van der Waals surface area contributed by atoms with Crippen molar-refractivity contribution in [3.8, 4) is 62.4 Å². The SMILES string of the molecule is CC(C)(C)c1ccc(-n2c(-c3cc(C(C)(C)C)cc(C(C)(C)C)c3O)nc3c(-c4cc(-c5ccccn5)c5oc6cc(C#N)ccc6c5c4)cccc32)c(-c2ccccc2)c1. The van der Waals surface area contributed by atoms with Gasteiger partial charge in [-0.05, 0) is 105 Å². The predicted molar refractivity (Wildman–Crippen MR) is 250 cm³/mol. The zero-order valence-electron chi connectivity index (χ0n) is 36.3. The van der Waals surface area contributed by atoms with E-state index in [9.17, 15) is 10.4 Å². The average molecular weight is 799 g/mol. The molecule has 0 spiro atoms. The molecule has 0 saturated carbocycles. The van der Waals surface area contributed by atoms with Crippen molar-refractivity contribution in [3.05, 3.63) is 156 Å². The fourth-order valence-electron chi connectivity index (χ4n) is 8.43. The zero-order chi connectivity index (χ0) is 43.0. The number of hydrogen-bond acceptors (Lipinski definition) is 5. The third kappa shape index (κ3) is 6.94. The van der Waals surface area contributed by atoms with E-state index < -0.39 is 0 Å². The Morgan fingerprint density at radius 2 is 1.34 bits per heavy atom. The largest absolute Gasteiger partial charge is 0.507 e. The third-order valence-corrected chi connectivity index (χ3v) is 11.9. The van der Waals surface area contributed by atoms with E-state index in [0.717, 1.165) is 72.1 Å². The number of pyridine rings is 1. The minimum absolute atomic E-state index is 0.0899. The number of phenolic OH excluding ortho intramolecular Hbond substituents is 1. The smallest absolute Gasteiger partial charge is 0.149 e. The molecule has 3 aromatic heterocycles. The maximum atomic E-state index is 12.5. The highest BCUT2D eigenvalue weighted by Crippen LogP contribution is 2.47. The lowest BCUT2D eigenvalue weighted by Gasteiger charge is -2.28. The number of para-hydroxylation sites is 1. The highest BCUT2D eigenvalue weighted by molar-refractivity contribution is 6.12. The number of aromatic nitrogens is 3. The summed E-state index contributed by atoms with van der Waals surface area (Å²) in [7, 11) is 0. The molecular formula is C55H50N4O2. The summed E-state index contributed by atoms with van der Waals surface area (Å²) >= 11 is 0. The summed E-state index contributed by atoms with van der Waals surface area (Å²) in [6, 6.07) is 45.9. The number of rotatable bonds is 5. The number of aromatic hydroxyl groups is 1. The van der Waals surface area contributed by atoms with Crippen molar-refractivity contribution >= 4 is 33.0 Å². The Morgan fingerprint density at radius 3 is 2.03 bits per heavy atom. The number of hydrogen-bond donors (Lipinski definition) is 1. The number of benzene rings is 6. The molecule has 0 aliphatic carbocycles. The number of nitriles is 1. The van der Waals surface area contributed by atoms with Crippen LogP contribution in [0, 0.1) is 11.3 Å². The Bertz CT molecular complexity index is 3200. The summed E-state index contributed by atoms with van der Waals surface area (Å²) in [4.78, 5) is 10.4. The van der Waals surface area contributed by atoms with Crippen molar-refractivity contribution in [1.29, 1.82) is 5.26 Å². The Hall–Kier alpha value is -6.97. The second kappa shape index (κ2) is 14.3. The van der Waals surface area contributed by atoms with E-state index in [1.807, 2.05) is 36.4 Å². The molecule has 0 amide bonds. The van der Waals surface area contributed by atoms with Gasteiger partial charge in [-0.15, -0.1) is 0 Å². The van der Waals surface area contributed by atoms with Crippen molar-refractivity contribution in [2.45, 2.75) is 78.6 Å². The Kier molecular flexibility index (Phi) is 9.29. The first-order chi connectivity index (χ1) is 29.0. The second-order valence-electron chi connectivity index (χ2n) is 19.3. The van der Waals surface area contributed by atoms with Crippen molar-refractivity contribution in [1.82, 2.24) is 14.5 Å². The van der Waals surface area contributed by atoms with Crippen LogP contribution >= 0.6 is 0 Å². The summed E-state index contributed by atoms with van der Waals surface area (Å²) in [6.45, 7) is 19.8. The molecule has 302 valence electrons. The van der Waals surface area contributed by atoms with Crippen LogP contribution in [0.4, 0.5) is 0 Å². The van der Waals surface area contributed by atoms with Crippen LogP contribution in [-0.4, -0.2) is 19.6 Å². The highest BCUT2D eigenvalue weighted by atomic mass is 16.3. The molecule has 3 heterocycles. The molecule has 61 heavy (non-hydrogen) atoms. The van der Waals surface area contributed by atoms with Crippen LogP contribution in [0.3, 0.4) is 0 Å². The zero-order valence-corrected chi connectivity index (χ0v) is 36.3. The fourth-order valence-corrected chi connectivity index (χ4v) is 8.43.